The predicted molar refractivity (Wildman–Crippen MR) is 62.8 cm³/mol. The van der Waals surface area contributed by atoms with Crippen LogP contribution in [0.1, 0.15) is 24.5 Å². The van der Waals surface area contributed by atoms with Crippen LogP contribution in [-0.4, -0.2) is 17.7 Å². The number of hydrogen-bond donors (Lipinski definition) is 1. The van der Waals surface area contributed by atoms with Crippen molar-refractivity contribution < 1.29 is 14.6 Å². The average molecular weight is 222 g/mol. The molecule has 0 spiro atoms. The highest BCUT2D eigenvalue weighted by atomic mass is 16.5. The van der Waals surface area contributed by atoms with Crippen molar-refractivity contribution in [2.75, 3.05) is 6.61 Å². The molecule has 1 rings (SSSR count). The molecule has 0 bridgehead atoms. The van der Waals surface area contributed by atoms with E-state index in [1.807, 2.05) is 32.0 Å². The first-order chi connectivity index (χ1) is 7.50. The molecule has 1 N–H and O–H groups in total. The van der Waals surface area contributed by atoms with Crippen molar-refractivity contribution in [3.05, 3.63) is 29.3 Å². The fraction of sp³-hybridized carbons (Fsp3) is 0.462. The minimum atomic E-state index is -0.774. The molecule has 88 valence electrons. The lowest BCUT2D eigenvalue weighted by molar-refractivity contribution is -0.141. The second kappa shape index (κ2) is 5.54. The molecule has 16 heavy (non-hydrogen) atoms. The zero-order valence-electron chi connectivity index (χ0n) is 9.99. The third-order valence-electron chi connectivity index (χ3n) is 2.57. The molecule has 0 aliphatic carbocycles. The number of carboxylic acid groups (broad SMARTS) is 1. The van der Waals surface area contributed by atoms with Crippen LogP contribution in [-0.2, 0) is 4.79 Å². The number of hydrogen-bond acceptors (Lipinski definition) is 2. The normalized spacial score (nSPS) is 12.2. The number of aliphatic carboxylic acids is 1. The monoisotopic (exact) mass is 222 g/mol. The molecule has 1 atom stereocenters. The van der Waals surface area contributed by atoms with E-state index in [9.17, 15) is 4.79 Å². The molecule has 0 heterocycles. The van der Waals surface area contributed by atoms with Crippen LogP contribution in [0.2, 0.25) is 0 Å². The van der Waals surface area contributed by atoms with E-state index in [-0.39, 0.29) is 5.92 Å². The van der Waals surface area contributed by atoms with Gasteiger partial charge < -0.3 is 9.84 Å². The number of aryl methyl sites for hydroxylation is 2. The van der Waals surface area contributed by atoms with E-state index in [2.05, 4.69) is 0 Å². The second-order valence-corrected chi connectivity index (χ2v) is 4.15. The molecule has 3 heteroatoms. The SMILES string of the molecule is Cc1ccc(C)c(OCCC(C)C(=O)O)c1. The van der Waals surface area contributed by atoms with Crippen molar-refractivity contribution >= 4 is 5.97 Å². The van der Waals surface area contributed by atoms with Crippen LogP contribution >= 0.6 is 0 Å². The Bertz CT molecular complexity index is 371. The van der Waals surface area contributed by atoms with Crippen LogP contribution in [0, 0.1) is 19.8 Å². The van der Waals surface area contributed by atoms with Gasteiger partial charge in [0, 0.05) is 0 Å². The average Bonchev–Trinajstić information content (AvgIpc) is 2.22. The van der Waals surface area contributed by atoms with Crippen LogP contribution in [0.4, 0.5) is 0 Å². The molecule has 1 aromatic carbocycles. The van der Waals surface area contributed by atoms with Crippen molar-refractivity contribution in [3.8, 4) is 5.75 Å². The Labute approximate surface area is 96.1 Å². The van der Waals surface area contributed by atoms with E-state index in [4.69, 9.17) is 9.84 Å². The van der Waals surface area contributed by atoms with Gasteiger partial charge >= 0.3 is 5.97 Å². The molecule has 0 aliphatic heterocycles. The minimum absolute atomic E-state index is 0.356. The Morgan fingerprint density at radius 3 is 2.75 bits per heavy atom. The summed E-state index contributed by atoms with van der Waals surface area (Å²) in [5, 5.41) is 8.72. The van der Waals surface area contributed by atoms with E-state index in [0.29, 0.717) is 13.0 Å². The minimum Gasteiger partial charge on any atom is -0.493 e. The first-order valence-corrected chi connectivity index (χ1v) is 5.43. The molecule has 0 aromatic heterocycles. The topological polar surface area (TPSA) is 46.5 Å². The first-order valence-electron chi connectivity index (χ1n) is 5.43. The van der Waals surface area contributed by atoms with Crippen molar-refractivity contribution in [1.29, 1.82) is 0 Å². The highest BCUT2D eigenvalue weighted by Gasteiger charge is 2.10. The molecular weight excluding hydrogens is 204 g/mol. The van der Waals surface area contributed by atoms with Crippen LogP contribution in [0.15, 0.2) is 18.2 Å². The van der Waals surface area contributed by atoms with E-state index in [1.54, 1.807) is 6.92 Å². The largest absolute Gasteiger partial charge is 0.493 e. The van der Waals surface area contributed by atoms with Gasteiger partial charge in [0.15, 0.2) is 0 Å². The third-order valence-corrected chi connectivity index (χ3v) is 2.57. The molecule has 1 aromatic rings. The zero-order valence-corrected chi connectivity index (χ0v) is 9.99. The molecule has 1 unspecified atom stereocenters. The Kier molecular flexibility index (Phi) is 4.35. The van der Waals surface area contributed by atoms with E-state index in [0.717, 1.165) is 16.9 Å². The highest BCUT2D eigenvalue weighted by Crippen LogP contribution is 2.19. The lowest BCUT2D eigenvalue weighted by Gasteiger charge is -2.11. The van der Waals surface area contributed by atoms with Gasteiger partial charge in [-0.3, -0.25) is 4.79 Å². The summed E-state index contributed by atoms with van der Waals surface area (Å²) in [4.78, 5) is 10.6. The fourth-order valence-corrected chi connectivity index (χ4v) is 1.33. The molecular formula is C13H18O3. The van der Waals surface area contributed by atoms with Crippen LogP contribution in [0.5, 0.6) is 5.75 Å². The number of carbonyl (C=O) groups is 1. The quantitative estimate of drug-likeness (QED) is 0.833. The highest BCUT2D eigenvalue weighted by molar-refractivity contribution is 5.69. The van der Waals surface area contributed by atoms with Gasteiger partial charge in [0.05, 0.1) is 12.5 Å². The molecule has 0 radical (unpaired) electrons. The maximum Gasteiger partial charge on any atom is 0.306 e. The Morgan fingerprint density at radius 1 is 1.44 bits per heavy atom. The molecule has 0 saturated carbocycles. The summed E-state index contributed by atoms with van der Waals surface area (Å²) in [7, 11) is 0. The van der Waals surface area contributed by atoms with Crippen LogP contribution < -0.4 is 4.74 Å². The van der Waals surface area contributed by atoms with Crippen molar-refractivity contribution in [2.24, 2.45) is 5.92 Å². The number of ether oxygens (including phenoxy) is 1. The summed E-state index contributed by atoms with van der Waals surface area (Å²) < 4.78 is 5.58. The third kappa shape index (κ3) is 3.57. The van der Waals surface area contributed by atoms with Crippen LogP contribution in [0.25, 0.3) is 0 Å². The van der Waals surface area contributed by atoms with Gasteiger partial charge in [0.1, 0.15) is 5.75 Å². The molecule has 0 amide bonds. The summed E-state index contributed by atoms with van der Waals surface area (Å²) in [6, 6.07) is 6.01. The van der Waals surface area contributed by atoms with E-state index < -0.39 is 5.97 Å². The second-order valence-electron chi connectivity index (χ2n) is 4.15. The molecule has 0 saturated heterocycles. The number of carboxylic acids is 1. The smallest absolute Gasteiger partial charge is 0.306 e. The van der Waals surface area contributed by atoms with Gasteiger partial charge in [0.25, 0.3) is 0 Å². The summed E-state index contributed by atoms with van der Waals surface area (Å²) in [5.74, 6) is -0.285. The number of rotatable bonds is 5. The Morgan fingerprint density at radius 2 is 2.12 bits per heavy atom. The summed E-state index contributed by atoms with van der Waals surface area (Å²) in [6.45, 7) is 6.12. The van der Waals surface area contributed by atoms with Crippen LogP contribution in [0.3, 0.4) is 0 Å². The van der Waals surface area contributed by atoms with Gasteiger partial charge in [0.2, 0.25) is 0 Å². The summed E-state index contributed by atoms with van der Waals surface area (Å²) >= 11 is 0. The van der Waals surface area contributed by atoms with Gasteiger partial charge in [-0.1, -0.05) is 19.1 Å². The van der Waals surface area contributed by atoms with Gasteiger partial charge in [-0.2, -0.15) is 0 Å². The van der Waals surface area contributed by atoms with Gasteiger partial charge in [-0.05, 0) is 37.5 Å². The van der Waals surface area contributed by atoms with Gasteiger partial charge in [-0.25, -0.2) is 0 Å². The standard InChI is InChI=1S/C13H18O3/c1-9-4-5-10(2)12(8-9)16-7-6-11(3)13(14)15/h4-5,8,11H,6-7H2,1-3H3,(H,14,15). The van der Waals surface area contributed by atoms with Crippen molar-refractivity contribution in [2.45, 2.75) is 27.2 Å². The molecule has 3 nitrogen and oxygen atoms in total. The van der Waals surface area contributed by atoms with E-state index in [1.165, 1.54) is 0 Å². The summed E-state index contributed by atoms with van der Waals surface area (Å²) in [6.07, 6.45) is 0.530. The van der Waals surface area contributed by atoms with Crippen molar-refractivity contribution in [3.63, 3.8) is 0 Å². The Balaban J connectivity index is 2.48. The summed E-state index contributed by atoms with van der Waals surface area (Å²) in [5.41, 5.74) is 2.22. The predicted octanol–water partition coefficient (Wildman–Crippen LogP) is 2.79. The molecule has 0 fully saturated rings. The van der Waals surface area contributed by atoms with Gasteiger partial charge in [-0.15, -0.1) is 0 Å². The fourth-order valence-electron chi connectivity index (χ4n) is 1.33. The maximum absolute atomic E-state index is 10.6. The number of benzene rings is 1. The van der Waals surface area contributed by atoms with E-state index >= 15 is 0 Å². The Hall–Kier alpha value is -1.51. The zero-order chi connectivity index (χ0) is 12.1. The molecule has 0 aliphatic rings. The van der Waals surface area contributed by atoms with Crippen molar-refractivity contribution in [1.82, 2.24) is 0 Å². The first kappa shape index (κ1) is 12.6. The maximum atomic E-state index is 10.6. The lowest BCUT2D eigenvalue weighted by atomic mass is 10.1. The lowest BCUT2D eigenvalue weighted by Crippen LogP contribution is -2.13.